The summed E-state index contributed by atoms with van der Waals surface area (Å²) in [6, 6.07) is 14.7. The van der Waals surface area contributed by atoms with Crippen LogP contribution in [0.25, 0.3) is 0 Å². The molecule has 132 valence electrons. The molecule has 1 aliphatic heterocycles. The van der Waals surface area contributed by atoms with Gasteiger partial charge in [-0.15, -0.1) is 0 Å². The molecule has 6 heteroatoms. The summed E-state index contributed by atoms with van der Waals surface area (Å²) in [7, 11) is -0.589. The maximum Gasteiger partial charge on any atom is 0.495 e. The van der Waals surface area contributed by atoms with Crippen molar-refractivity contribution in [3.63, 3.8) is 0 Å². The highest BCUT2D eigenvalue weighted by Crippen LogP contribution is 2.36. The number of nitrogens with one attached hydrogen (secondary N) is 2. The van der Waals surface area contributed by atoms with Crippen LogP contribution in [0.3, 0.4) is 0 Å². The predicted octanol–water partition coefficient (Wildman–Crippen LogP) is 3.24. The maximum absolute atomic E-state index is 14.4. The number of hydrogen-bond donors (Lipinski definition) is 2. The van der Waals surface area contributed by atoms with Gasteiger partial charge in [0.05, 0.1) is 11.2 Å². The van der Waals surface area contributed by atoms with Gasteiger partial charge in [0.1, 0.15) is 5.82 Å². The van der Waals surface area contributed by atoms with E-state index in [0.29, 0.717) is 17.6 Å². The van der Waals surface area contributed by atoms with E-state index in [1.807, 2.05) is 64.1 Å². The van der Waals surface area contributed by atoms with Crippen molar-refractivity contribution in [2.24, 2.45) is 0 Å². The number of hydrazine groups is 1. The second-order valence-corrected chi connectivity index (χ2v) is 7.24. The molecule has 0 aromatic heterocycles. The fourth-order valence-electron chi connectivity index (χ4n) is 2.71. The highest BCUT2D eigenvalue weighted by molar-refractivity contribution is 6.62. The Morgan fingerprint density at radius 3 is 2.20 bits per heavy atom. The molecular formula is C19H24BFN2O2. The van der Waals surface area contributed by atoms with Gasteiger partial charge in [-0.2, -0.15) is 0 Å². The van der Waals surface area contributed by atoms with Crippen molar-refractivity contribution in [1.29, 1.82) is 0 Å². The van der Waals surface area contributed by atoms with E-state index in [9.17, 15) is 4.39 Å². The fourth-order valence-corrected chi connectivity index (χ4v) is 2.71. The quantitative estimate of drug-likeness (QED) is 0.647. The van der Waals surface area contributed by atoms with Crippen LogP contribution in [-0.4, -0.2) is 18.3 Å². The average Bonchev–Trinajstić information content (AvgIpc) is 2.78. The topological polar surface area (TPSA) is 42.5 Å². The second-order valence-electron chi connectivity index (χ2n) is 7.24. The molecule has 0 unspecified atom stereocenters. The summed E-state index contributed by atoms with van der Waals surface area (Å²) in [6.45, 7) is 8.26. The monoisotopic (exact) mass is 342 g/mol. The van der Waals surface area contributed by atoms with Crippen molar-refractivity contribution in [2.45, 2.75) is 45.4 Å². The van der Waals surface area contributed by atoms with Gasteiger partial charge in [-0.3, -0.25) is 0 Å². The molecule has 2 aromatic carbocycles. The average molecular weight is 342 g/mol. The van der Waals surface area contributed by atoms with Gasteiger partial charge >= 0.3 is 7.12 Å². The third-order valence-corrected chi connectivity index (χ3v) is 4.93. The lowest BCUT2D eigenvalue weighted by Gasteiger charge is -2.32. The highest BCUT2D eigenvalue weighted by Gasteiger charge is 2.52. The van der Waals surface area contributed by atoms with E-state index in [-0.39, 0.29) is 5.82 Å². The summed E-state index contributed by atoms with van der Waals surface area (Å²) < 4.78 is 26.6. The molecule has 0 radical (unpaired) electrons. The van der Waals surface area contributed by atoms with E-state index >= 15 is 0 Å². The smallest absolute Gasteiger partial charge is 0.399 e. The van der Waals surface area contributed by atoms with Crippen LogP contribution in [-0.2, 0) is 15.9 Å². The van der Waals surface area contributed by atoms with Crippen molar-refractivity contribution in [3.05, 3.63) is 59.9 Å². The molecule has 2 N–H and O–H groups in total. The predicted molar refractivity (Wildman–Crippen MR) is 99.0 cm³/mol. The lowest BCUT2D eigenvalue weighted by molar-refractivity contribution is 0.00578. The Balaban J connectivity index is 1.77. The molecule has 3 rings (SSSR count). The standard InChI is InChI=1S/C19H24BFN2O2/c1-18(2)19(3,4)25-20(24-18)16-11-8-12-17(21)15(16)13-22-23-14-9-6-5-7-10-14/h5-12,22-23H,13H2,1-4H3. The van der Waals surface area contributed by atoms with Crippen LogP contribution in [0.4, 0.5) is 10.1 Å². The Kier molecular flexibility index (Phi) is 4.87. The molecule has 0 aliphatic carbocycles. The van der Waals surface area contributed by atoms with E-state index in [0.717, 1.165) is 5.69 Å². The van der Waals surface area contributed by atoms with Gasteiger partial charge in [-0.05, 0) is 51.4 Å². The summed E-state index contributed by atoms with van der Waals surface area (Å²) >= 11 is 0. The van der Waals surface area contributed by atoms with Crippen molar-refractivity contribution in [1.82, 2.24) is 5.43 Å². The first kappa shape index (κ1) is 17.9. The van der Waals surface area contributed by atoms with Crippen molar-refractivity contribution in [2.75, 3.05) is 5.43 Å². The minimum atomic E-state index is -0.589. The van der Waals surface area contributed by atoms with Crippen LogP contribution < -0.4 is 16.3 Å². The van der Waals surface area contributed by atoms with E-state index in [1.165, 1.54) is 6.07 Å². The number of benzene rings is 2. The summed E-state index contributed by atoms with van der Waals surface area (Å²) in [6.07, 6.45) is 0. The Bertz CT molecular complexity index is 721. The first-order chi connectivity index (χ1) is 11.8. The van der Waals surface area contributed by atoms with E-state index in [2.05, 4.69) is 10.9 Å². The zero-order chi connectivity index (χ0) is 18.1. The van der Waals surface area contributed by atoms with Gasteiger partial charge in [-0.25, -0.2) is 9.82 Å². The maximum atomic E-state index is 14.4. The highest BCUT2D eigenvalue weighted by atomic mass is 19.1. The SMILES string of the molecule is CC1(C)OB(c2cccc(F)c2CNNc2ccccc2)OC1(C)C. The fraction of sp³-hybridized carbons (Fsp3) is 0.368. The Hall–Kier alpha value is -1.89. The Labute approximate surface area is 148 Å². The van der Waals surface area contributed by atoms with Crippen molar-refractivity contribution in [3.8, 4) is 0 Å². The summed E-state index contributed by atoms with van der Waals surface area (Å²) in [4.78, 5) is 0. The number of para-hydroxylation sites is 1. The summed E-state index contributed by atoms with van der Waals surface area (Å²) in [5, 5.41) is 0. The van der Waals surface area contributed by atoms with Gasteiger partial charge in [0.15, 0.2) is 0 Å². The molecule has 0 atom stereocenters. The number of rotatable bonds is 5. The van der Waals surface area contributed by atoms with E-state index in [4.69, 9.17) is 9.31 Å². The van der Waals surface area contributed by atoms with Gasteiger partial charge < -0.3 is 14.7 Å². The molecule has 25 heavy (non-hydrogen) atoms. The van der Waals surface area contributed by atoms with Gasteiger partial charge in [-0.1, -0.05) is 30.3 Å². The molecule has 1 aliphatic rings. The third-order valence-electron chi connectivity index (χ3n) is 4.93. The van der Waals surface area contributed by atoms with Gasteiger partial charge in [0.2, 0.25) is 0 Å². The van der Waals surface area contributed by atoms with Crippen LogP contribution in [0.15, 0.2) is 48.5 Å². The Morgan fingerprint density at radius 1 is 0.920 bits per heavy atom. The normalized spacial score (nSPS) is 18.4. The number of halogens is 1. The van der Waals surface area contributed by atoms with E-state index < -0.39 is 18.3 Å². The molecule has 1 heterocycles. The van der Waals surface area contributed by atoms with Gasteiger partial charge in [0, 0.05) is 17.8 Å². The summed E-state index contributed by atoms with van der Waals surface area (Å²) in [5.41, 5.74) is 7.37. The lowest BCUT2D eigenvalue weighted by atomic mass is 9.75. The minimum absolute atomic E-state index is 0.283. The first-order valence-electron chi connectivity index (χ1n) is 8.47. The van der Waals surface area contributed by atoms with Crippen LogP contribution >= 0.6 is 0 Å². The molecule has 1 fully saturated rings. The zero-order valence-corrected chi connectivity index (χ0v) is 15.1. The van der Waals surface area contributed by atoms with Crippen LogP contribution in [0.2, 0.25) is 0 Å². The molecule has 0 bridgehead atoms. The van der Waals surface area contributed by atoms with Crippen LogP contribution in [0.5, 0.6) is 0 Å². The van der Waals surface area contributed by atoms with Gasteiger partial charge in [0.25, 0.3) is 0 Å². The zero-order valence-electron chi connectivity index (χ0n) is 15.1. The largest absolute Gasteiger partial charge is 0.495 e. The Morgan fingerprint density at radius 2 is 1.56 bits per heavy atom. The molecule has 0 spiro atoms. The molecule has 0 amide bonds. The first-order valence-corrected chi connectivity index (χ1v) is 8.47. The molecule has 1 saturated heterocycles. The minimum Gasteiger partial charge on any atom is -0.399 e. The van der Waals surface area contributed by atoms with E-state index in [1.54, 1.807) is 6.07 Å². The lowest BCUT2D eigenvalue weighted by Crippen LogP contribution is -2.41. The molecule has 2 aromatic rings. The third kappa shape index (κ3) is 3.71. The van der Waals surface area contributed by atoms with Crippen LogP contribution in [0.1, 0.15) is 33.3 Å². The van der Waals surface area contributed by atoms with Crippen molar-refractivity contribution >= 4 is 18.3 Å². The molecule has 4 nitrogen and oxygen atoms in total. The second kappa shape index (κ2) is 6.79. The summed E-state index contributed by atoms with van der Waals surface area (Å²) in [5.74, 6) is -0.283. The van der Waals surface area contributed by atoms with Crippen LogP contribution in [0, 0.1) is 5.82 Å². The van der Waals surface area contributed by atoms with Crippen molar-refractivity contribution < 1.29 is 13.7 Å². The number of anilines is 1. The molecular weight excluding hydrogens is 318 g/mol. The molecule has 0 saturated carbocycles. The number of hydrogen-bond acceptors (Lipinski definition) is 4.